The van der Waals surface area contributed by atoms with Crippen molar-refractivity contribution in [1.82, 2.24) is 4.90 Å². The van der Waals surface area contributed by atoms with Crippen LogP contribution in [-0.4, -0.2) is 42.4 Å². The second kappa shape index (κ2) is 6.78. The van der Waals surface area contributed by atoms with Crippen molar-refractivity contribution < 1.29 is 23.6 Å². The van der Waals surface area contributed by atoms with Crippen LogP contribution in [0.15, 0.2) is 18.2 Å². The number of benzene rings is 1. The van der Waals surface area contributed by atoms with Gasteiger partial charge in [0.2, 0.25) is 5.82 Å². The maximum absolute atomic E-state index is 13.5. The van der Waals surface area contributed by atoms with Gasteiger partial charge < -0.3 is 9.64 Å². The minimum atomic E-state index is -1.08. The third-order valence-corrected chi connectivity index (χ3v) is 2.89. The number of hydrogen-bond donors (Lipinski definition) is 0. The summed E-state index contributed by atoms with van der Waals surface area (Å²) in [5.41, 5.74) is -0.727. The predicted octanol–water partition coefficient (Wildman–Crippen LogP) is 1.61. The Hall–Kier alpha value is -2.51. The number of methoxy groups -OCH3 is 1. The van der Waals surface area contributed by atoms with Gasteiger partial charge in [-0.3, -0.25) is 19.7 Å². The largest absolute Gasteiger partial charge is 0.469 e. The molecule has 0 aliphatic heterocycles. The van der Waals surface area contributed by atoms with E-state index in [4.69, 9.17) is 0 Å². The Labute approximate surface area is 120 Å². The third kappa shape index (κ3) is 3.98. The van der Waals surface area contributed by atoms with Crippen LogP contribution in [0.5, 0.6) is 0 Å². The second-order valence-electron chi connectivity index (χ2n) is 4.53. The Morgan fingerprint density at radius 2 is 2.10 bits per heavy atom. The maximum Gasteiger partial charge on any atom is 0.310 e. The first-order valence-electron chi connectivity index (χ1n) is 6.05. The quantitative estimate of drug-likeness (QED) is 0.468. The molecule has 21 heavy (non-hydrogen) atoms. The first-order chi connectivity index (χ1) is 9.77. The monoisotopic (exact) mass is 298 g/mol. The van der Waals surface area contributed by atoms with Gasteiger partial charge in [-0.25, -0.2) is 0 Å². The zero-order chi connectivity index (χ0) is 16.2. The summed E-state index contributed by atoms with van der Waals surface area (Å²) in [5, 5.41) is 10.5. The molecule has 1 aromatic rings. The average Bonchev–Trinajstić information content (AvgIpc) is 2.44. The van der Waals surface area contributed by atoms with E-state index in [1.54, 1.807) is 6.92 Å². The zero-order valence-electron chi connectivity index (χ0n) is 11.8. The number of hydrogen-bond acceptors (Lipinski definition) is 5. The number of ether oxygens (including phenoxy) is 1. The van der Waals surface area contributed by atoms with Crippen LogP contribution in [0.4, 0.5) is 10.1 Å². The van der Waals surface area contributed by atoms with Gasteiger partial charge in [0.1, 0.15) is 0 Å². The average molecular weight is 298 g/mol. The molecule has 0 heterocycles. The molecule has 0 fully saturated rings. The summed E-state index contributed by atoms with van der Waals surface area (Å²) in [6.07, 6.45) is 0. The highest BCUT2D eigenvalue weighted by Crippen LogP contribution is 2.19. The van der Waals surface area contributed by atoms with Gasteiger partial charge in [0.05, 0.1) is 18.0 Å². The van der Waals surface area contributed by atoms with Gasteiger partial charge in [-0.2, -0.15) is 4.39 Å². The molecule has 0 N–H and O–H groups in total. The number of nitro benzene ring substituents is 1. The van der Waals surface area contributed by atoms with Gasteiger partial charge in [-0.1, -0.05) is 6.92 Å². The van der Waals surface area contributed by atoms with E-state index in [1.807, 2.05) is 0 Å². The van der Waals surface area contributed by atoms with Crippen LogP contribution < -0.4 is 0 Å². The molecule has 0 saturated heterocycles. The Morgan fingerprint density at radius 3 is 2.57 bits per heavy atom. The van der Waals surface area contributed by atoms with Gasteiger partial charge >= 0.3 is 11.7 Å². The van der Waals surface area contributed by atoms with Crippen LogP contribution in [-0.2, 0) is 9.53 Å². The summed E-state index contributed by atoms with van der Waals surface area (Å²) in [6.45, 7) is 1.68. The fourth-order valence-corrected chi connectivity index (χ4v) is 1.78. The summed E-state index contributed by atoms with van der Waals surface area (Å²) in [5.74, 6) is -2.63. The number of rotatable bonds is 5. The summed E-state index contributed by atoms with van der Waals surface area (Å²) in [7, 11) is 2.69. The molecule has 8 heteroatoms. The molecule has 0 aromatic heterocycles. The smallest absolute Gasteiger partial charge is 0.310 e. The summed E-state index contributed by atoms with van der Waals surface area (Å²) in [4.78, 5) is 34.2. The van der Waals surface area contributed by atoms with Crippen molar-refractivity contribution in [2.75, 3.05) is 20.7 Å². The Balaban J connectivity index is 2.86. The molecule has 0 aliphatic rings. The molecule has 114 valence electrons. The molecule has 0 bridgehead atoms. The zero-order valence-corrected chi connectivity index (χ0v) is 11.8. The summed E-state index contributed by atoms with van der Waals surface area (Å²) < 4.78 is 18.0. The van der Waals surface area contributed by atoms with E-state index in [2.05, 4.69) is 4.74 Å². The molecule has 0 radical (unpaired) electrons. The number of carbonyl (C=O) groups is 2. The van der Waals surface area contributed by atoms with E-state index >= 15 is 0 Å². The number of nitro groups is 1. The van der Waals surface area contributed by atoms with Crippen molar-refractivity contribution in [2.45, 2.75) is 6.92 Å². The number of amides is 1. The predicted molar refractivity (Wildman–Crippen MR) is 71.2 cm³/mol. The minimum absolute atomic E-state index is 0.0299. The summed E-state index contributed by atoms with van der Waals surface area (Å²) in [6, 6.07) is 2.91. The molecule has 0 aliphatic carbocycles. The number of halogens is 1. The van der Waals surface area contributed by atoms with Crippen LogP contribution in [0.3, 0.4) is 0 Å². The molecule has 1 aromatic carbocycles. The first kappa shape index (κ1) is 16.5. The van der Waals surface area contributed by atoms with E-state index in [0.29, 0.717) is 0 Å². The Kier molecular flexibility index (Phi) is 5.34. The van der Waals surface area contributed by atoms with Crippen molar-refractivity contribution in [1.29, 1.82) is 0 Å². The van der Waals surface area contributed by atoms with Crippen molar-refractivity contribution in [3.8, 4) is 0 Å². The standard InChI is InChI=1S/C13H15FN2O5/c1-8(13(18)21-3)7-15(2)12(17)9-4-5-11(16(19)20)10(14)6-9/h4-6,8H,7H2,1-3H3. The SMILES string of the molecule is COC(=O)C(C)CN(C)C(=O)c1ccc([N+](=O)[O-])c(F)c1. The van der Waals surface area contributed by atoms with Gasteiger partial charge in [0.15, 0.2) is 0 Å². The number of esters is 1. The topological polar surface area (TPSA) is 89.8 Å². The van der Waals surface area contributed by atoms with E-state index in [-0.39, 0.29) is 12.1 Å². The van der Waals surface area contributed by atoms with Crippen molar-refractivity contribution in [3.05, 3.63) is 39.7 Å². The lowest BCUT2D eigenvalue weighted by Gasteiger charge is -2.20. The molecule has 1 atom stereocenters. The normalized spacial score (nSPS) is 11.6. The maximum atomic E-state index is 13.5. The highest BCUT2D eigenvalue weighted by molar-refractivity contribution is 5.94. The second-order valence-corrected chi connectivity index (χ2v) is 4.53. The molecule has 0 spiro atoms. The molecular formula is C13H15FN2O5. The molecule has 1 rings (SSSR count). The molecular weight excluding hydrogens is 283 g/mol. The number of carbonyl (C=O) groups excluding carboxylic acids is 2. The van der Waals surface area contributed by atoms with Gasteiger partial charge in [0, 0.05) is 25.2 Å². The molecule has 1 amide bonds. The summed E-state index contributed by atoms with van der Waals surface area (Å²) >= 11 is 0. The fourth-order valence-electron chi connectivity index (χ4n) is 1.78. The van der Waals surface area contributed by atoms with Crippen molar-refractivity contribution in [2.24, 2.45) is 5.92 Å². The molecule has 7 nitrogen and oxygen atoms in total. The van der Waals surface area contributed by atoms with E-state index in [1.165, 1.54) is 25.1 Å². The highest BCUT2D eigenvalue weighted by atomic mass is 19.1. The van der Waals surface area contributed by atoms with Gasteiger partial charge in [-0.05, 0) is 12.1 Å². The van der Waals surface area contributed by atoms with Crippen LogP contribution in [0.2, 0.25) is 0 Å². The van der Waals surface area contributed by atoms with Crippen molar-refractivity contribution >= 4 is 17.6 Å². The van der Waals surface area contributed by atoms with Crippen LogP contribution >= 0.6 is 0 Å². The number of nitrogens with zero attached hydrogens (tertiary/aromatic N) is 2. The Morgan fingerprint density at radius 1 is 1.48 bits per heavy atom. The van der Waals surface area contributed by atoms with E-state index < -0.39 is 34.2 Å². The van der Waals surface area contributed by atoms with Crippen LogP contribution in [0.1, 0.15) is 17.3 Å². The molecule has 0 saturated carbocycles. The van der Waals surface area contributed by atoms with Gasteiger partial charge in [0.25, 0.3) is 5.91 Å². The van der Waals surface area contributed by atoms with Crippen LogP contribution in [0.25, 0.3) is 0 Å². The lowest BCUT2D eigenvalue weighted by atomic mass is 10.1. The highest BCUT2D eigenvalue weighted by Gasteiger charge is 2.22. The van der Waals surface area contributed by atoms with Crippen molar-refractivity contribution in [3.63, 3.8) is 0 Å². The van der Waals surface area contributed by atoms with Crippen LogP contribution in [0, 0.1) is 21.8 Å². The fraction of sp³-hybridized carbons (Fsp3) is 0.385. The lowest BCUT2D eigenvalue weighted by Crippen LogP contribution is -2.34. The minimum Gasteiger partial charge on any atom is -0.469 e. The van der Waals surface area contributed by atoms with E-state index in [9.17, 15) is 24.1 Å². The lowest BCUT2D eigenvalue weighted by molar-refractivity contribution is -0.387. The van der Waals surface area contributed by atoms with Gasteiger partial charge in [-0.15, -0.1) is 0 Å². The van der Waals surface area contributed by atoms with E-state index in [0.717, 1.165) is 12.1 Å². The third-order valence-electron chi connectivity index (χ3n) is 2.89. The Bertz CT molecular complexity index is 576. The first-order valence-corrected chi connectivity index (χ1v) is 6.05. The molecule has 1 unspecified atom stereocenters.